The molecule has 1 aromatic carbocycles. The smallest absolute Gasteiger partial charge is 0.231 e. The van der Waals surface area contributed by atoms with Crippen molar-refractivity contribution in [3.8, 4) is 11.5 Å². The predicted molar refractivity (Wildman–Crippen MR) is 77.2 cm³/mol. The predicted octanol–water partition coefficient (Wildman–Crippen LogP) is 2.19. The number of rotatable bonds is 3. The van der Waals surface area contributed by atoms with Crippen molar-refractivity contribution in [2.45, 2.75) is 26.3 Å². The lowest BCUT2D eigenvalue weighted by molar-refractivity contribution is -0.145. The van der Waals surface area contributed by atoms with Crippen LogP contribution in [0.3, 0.4) is 0 Å². The number of nitrogens with zero attached hydrogens (tertiary/aromatic N) is 1. The molecule has 3 rings (SSSR count). The lowest BCUT2D eigenvalue weighted by Crippen LogP contribution is -2.43. The SMILES string of the molecule is CN(Cc1ccc2c(c1)OCO2)C(=O)C1(C)CCOCC1. The van der Waals surface area contributed by atoms with E-state index in [4.69, 9.17) is 14.2 Å². The normalized spacial score (nSPS) is 19.3. The largest absolute Gasteiger partial charge is 0.454 e. The van der Waals surface area contributed by atoms with Gasteiger partial charge in [-0.15, -0.1) is 0 Å². The van der Waals surface area contributed by atoms with Gasteiger partial charge in [0, 0.05) is 26.8 Å². The molecule has 0 unspecified atom stereocenters. The van der Waals surface area contributed by atoms with Gasteiger partial charge < -0.3 is 19.1 Å². The molecule has 1 aromatic rings. The van der Waals surface area contributed by atoms with Crippen molar-refractivity contribution in [3.63, 3.8) is 0 Å². The quantitative estimate of drug-likeness (QED) is 0.856. The van der Waals surface area contributed by atoms with E-state index in [1.165, 1.54) is 0 Å². The van der Waals surface area contributed by atoms with Crippen molar-refractivity contribution in [1.82, 2.24) is 4.90 Å². The van der Waals surface area contributed by atoms with Gasteiger partial charge >= 0.3 is 0 Å². The Morgan fingerprint density at radius 3 is 2.71 bits per heavy atom. The van der Waals surface area contributed by atoms with Crippen LogP contribution in [-0.4, -0.2) is 37.9 Å². The zero-order valence-electron chi connectivity index (χ0n) is 12.6. The van der Waals surface area contributed by atoms with Gasteiger partial charge in [-0.3, -0.25) is 4.79 Å². The van der Waals surface area contributed by atoms with Crippen LogP contribution in [0.4, 0.5) is 0 Å². The molecule has 0 N–H and O–H groups in total. The van der Waals surface area contributed by atoms with Crippen LogP contribution in [0.25, 0.3) is 0 Å². The van der Waals surface area contributed by atoms with E-state index >= 15 is 0 Å². The minimum absolute atomic E-state index is 0.184. The zero-order chi connectivity index (χ0) is 14.9. The molecule has 0 spiro atoms. The molecule has 0 aromatic heterocycles. The fraction of sp³-hybridized carbons (Fsp3) is 0.562. The van der Waals surface area contributed by atoms with Gasteiger partial charge in [0.1, 0.15) is 0 Å². The lowest BCUT2D eigenvalue weighted by atomic mass is 9.81. The number of hydrogen-bond acceptors (Lipinski definition) is 4. The first-order chi connectivity index (χ1) is 10.1. The molecule has 0 bridgehead atoms. The second-order valence-corrected chi connectivity index (χ2v) is 6.02. The Morgan fingerprint density at radius 2 is 1.95 bits per heavy atom. The number of ether oxygens (including phenoxy) is 3. The standard InChI is InChI=1S/C16H21NO4/c1-16(5-7-19-8-6-16)15(18)17(2)10-12-3-4-13-14(9-12)21-11-20-13/h3-4,9H,5-8,10-11H2,1-2H3. The van der Waals surface area contributed by atoms with E-state index in [1.54, 1.807) is 4.90 Å². The first-order valence-electron chi connectivity index (χ1n) is 7.30. The highest BCUT2D eigenvalue weighted by Crippen LogP contribution is 2.34. The highest BCUT2D eigenvalue weighted by molar-refractivity contribution is 5.82. The first kappa shape index (κ1) is 14.2. The molecule has 2 aliphatic rings. The van der Waals surface area contributed by atoms with Crippen LogP contribution in [0.5, 0.6) is 11.5 Å². The average Bonchev–Trinajstić information content (AvgIpc) is 2.94. The van der Waals surface area contributed by atoms with Gasteiger partial charge in [0.2, 0.25) is 12.7 Å². The number of carbonyl (C=O) groups is 1. The van der Waals surface area contributed by atoms with Crippen LogP contribution in [0.15, 0.2) is 18.2 Å². The summed E-state index contributed by atoms with van der Waals surface area (Å²) in [5, 5.41) is 0. The van der Waals surface area contributed by atoms with E-state index in [-0.39, 0.29) is 18.1 Å². The summed E-state index contributed by atoms with van der Waals surface area (Å²) in [6.07, 6.45) is 1.58. The van der Waals surface area contributed by atoms with Crippen LogP contribution in [-0.2, 0) is 16.1 Å². The molecule has 5 heteroatoms. The zero-order valence-corrected chi connectivity index (χ0v) is 12.6. The number of fused-ring (bicyclic) bond motifs is 1. The van der Waals surface area contributed by atoms with Gasteiger partial charge in [0.05, 0.1) is 5.41 Å². The number of amides is 1. The molecule has 2 heterocycles. The van der Waals surface area contributed by atoms with E-state index in [0.717, 1.165) is 29.9 Å². The van der Waals surface area contributed by atoms with Gasteiger partial charge in [0.15, 0.2) is 11.5 Å². The van der Waals surface area contributed by atoms with Crippen LogP contribution in [0.1, 0.15) is 25.3 Å². The second kappa shape index (κ2) is 5.56. The van der Waals surface area contributed by atoms with Crippen molar-refractivity contribution < 1.29 is 19.0 Å². The van der Waals surface area contributed by atoms with E-state index < -0.39 is 0 Å². The molecule has 114 valence electrons. The van der Waals surface area contributed by atoms with Crippen LogP contribution >= 0.6 is 0 Å². The molecule has 1 saturated heterocycles. The summed E-state index contributed by atoms with van der Waals surface area (Å²) in [5.41, 5.74) is 0.745. The van der Waals surface area contributed by atoms with Crippen LogP contribution in [0, 0.1) is 5.41 Å². The first-order valence-corrected chi connectivity index (χ1v) is 7.30. The maximum absolute atomic E-state index is 12.7. The molecule has 2 aliphatic heterocycles. The summed E-state index contributed by atoms with van der Waals surface area (Å²) in [7, 11) is 1.85. The Balaban J connectivity index is 1.68. The van der Waals surface area contributed by atoms with Crippen molar-refractivity contribution >= 4 is 5.91 Å². The number of benzene rings is 1. The second-order valence-electron chi connectivity index (χ2n) is 6.02. The topological polar surface area (TPSA) is 48.0 Å². The Hall–Kier alpha value is -1.75. The van der Waals surface area contributed by atoms with Gasteiger partial charge in [0.25, 0.3) is 0 Å². The summed E-state index contributed by atoms with van der Waals surface area (Å²) in [4.78, 5) is 14.5. The summed E-state index contributed by atoms with van der Waals surface area (Å²) < 4.78 is 16.0. The third-order valence-corrected chi connectivity index (χ3v) is 4.32. The van der Waals surface area contributed by atoms with E-state index in [1.807, 2.05) is 32.2 Å². The van der Waals surface area contributed by atoms with Crippen LogP contribution < -0.4 is 9.47 Å². The van der Waals surface area contributed by atoms with Crippen molar-refractivity contribution in [3.05, 3.63) is 23.8 Å². The molecular weight excluding hydrogens is 270 g/mol. The molecule has 1 amide bonds. The molecule has 0 radical (unpaired) electrons. The molecule has 21 heavy (non-hydrogen) atoms. The average molecular weight is 291 g/mol. The highest BCUT2D eigenvalue weighted by Gasteiger charge is 2.37. The fourth-order valence-corrected chi connectivity index (χ4v) is 2.88. The van der Waals surface area contributed by atoms with Gasteiger partial charge in [-0.1, -0.05) is 13.0 Å². The summed E-state index contributed by atoms with van der Waals surface area (Å²) in [6.45, 7) is 4.21. The molecular formula is C16H21NO4. The van der Waals surface area contributed by atoms with E-state index in [0.29, 0.717) is 19.8 Å². The molecule has 5 nitrogen and oxygen atoms in total. The Bertz CT molecular complexity index is 537. The highest BCUT2D eigenvalue weighted by atomic mass is 16.7. The monoisotopic (exact) mass is 291 g/mol. The Labute approximate surface area is 124 Å². The molecule has 0 saturated carbocycles. The summed E-state index contributed by atoms with van der Waals surface area (Å²) >= 11 is 0. The van der Waals surface area contributed by atoms with Gasteiger partial charge in [-0.2, -0.15) is 0 Å². The fourth-order valence-electron chi connectivity index (χ4n) is 2.88. The van der Waals surface area contributed by atoms with Crippen molar-refractivity contribution in [1.29, 1.82) is 0 Å². The molecule has 0 aliphatic carbocycles. The lowest BCUT2D eigenvalue weighted by Gasteiger charge is -2.35. The third kappa shape index (κ3) is 2.83. The minimum atomic E-state index is -0.302. The Morgan fingerprint density at radius 1 is 1.24 bits per heavy atom. The van der Waals surface area contributed by atoms with E-state index in [9.17, 15) is 4.79 Å². The maximum atomic E-state index is 12.7. The molecule has 1 fully saturated rings. The number of hydrogen-bond donors (Lipinski definition) is 0. The maximum Gasteiger partial charge on any atom is 0.231 e. The molecule has 0 atom stereocenters. The van der Waals surface area contributed by atoms with Gasteiger partial charge in [-0.05, 0) is 30.5 Å². The van der Waals surface area contributed by atoms with E-state index in [2.05, 4.69) is 0 Å². The van der Waals surface area contributed by atoms with Crippen molar-refractivity contribution in [2.24, 2.45) is 5.41 Å². The Kier molecular flexibility index (Phi) is 3.76. The third-order valence-electron chi connectivity index (χ3n) is 4.32. The number of carbonyl (C=O) groups excluding carboxylic acids is 1. The minimum Gasteiger partial charge on any atom is -0.454 e. The van der Waals surface area contributed by atoms with Gasteiger partial charge in [-0.25, -0.2) is 0 Å². The summed E-state index contributed by atoms with van der Waals surface area (Å²) in [6, 6.07) is 5.81. The summed E-state index contributed by atoms with van der Waals surface area (Å²) in [5.74, 6) is 1.71. The van der Waals surface area contributed by atoms with Crippen LogP contribution in [0.2, 0.25) is 0 Å². The van der Waals surface area contributed by atoms with Crippen molar-refractivity contribution in [2.75, 3.05) is 27.1 Å².